The van der Waals surface area contributed by atoms with Crippen LogP contribution in [0.2, 0.25) is 0 Å². The van der Waals surface area contributed by atoms with Crippen LogP contribution in [0.1, 0.15) is 0 Å². The second kappa shape index (κ2) is 4.78. The maximum Gasteiger partial charge on any atom is 0.345 e. The predicted molar refractivity (Wildman–Crippen MR) is 31.8 cm³/mol. The van der Waals surface area contributed by atoms with Crippen molar-refractivity contribution in [3.05, 3.63) is 9.81 Å². The minimum atomic E-state index is -1.15. The third-order valence-corrected chi connectivity index (χ3v) is 0.521. The maximum atomic E-state index is 10.2. The van der Waals surface area contributed by atoms with Crippen molar-refractivity contribution in [2.75, 3.05) is 0 Å². The fraction of sp³-hybridized carbons (Fsp3) is 0. The zero-order valence-corrected chi connectivity index (χ0v) is 5.03. The van der Waals surface area contributed by atoms with Gasteiger partial charge < -0.3 is 0 Å². The van der Waals surface area contributed by atoms with Gasteiger partial charge in [0.2, 0.25) is 0 Å². The Hall–Kier alpha value is -2.06. The lowest BCUT2D eigenvalue weighted by Gasteiger charge is -1.96. The van der Waals surface area contributed by atoms with Gasteiger partial charge in [0, 0.05) is 0 Å². The Labute approximate surface area is 59.4 Å². The third kappa shape index (κ3) is 4.44. The molecule has 0 aromatic heterocycles. The van der Waals surface area contributed by atoms with E-state index in [1.54, 1.807) is 0 Å². The van der Waals surface area contributed by atoms with E-state index in [1.165, 1.54) is 16.2 Å². The number of nitrogens with zero attached hydrogens (tertiary/aromatic N) is 2. The third-order valence-electron chi connectivity index (χ3n) is 0.521. The second-order valence-corrected chi connectivity index (χ2v) is 1.19. The van der Waals surface area contributed by atoms with Crippen molar-refractivity contribution in [1.82, 2.24) is 16.2 Å². The standard InChI is InChI=1S/C2H3N5O4/c8-1(4-6-10)3-2(9)5-7-11/h(H3,3,4,5,8,9,10,11). The van der Waals surface area contributed by atoms with Crippen molar-refractivity contribution in [3.8, 4) is 0 Å². The Kier molecular flexibility index (Phi) is 3.89. The number of nitrogens with one attached hydrogen (secondary N) is 3. The van der Waals surface area contributed by atoms with E-state index in [0.29, 0.717) is 0 Å². The number of rotatable bonds is 2. The fourth-order valence-electron chi connectivity index (χ4n) is 0.242. The van der Waals surface area contributed by atoms with Crippen LogP contribution in [-0.2, 0) is 0 Å². The van der Waals surface area contributed by atoms with Crippen molar-refractivity contribution >= 4 is 12.1 Å². The molecule has 0 aliphatic rings. The van der Waals surface area contributed by atoms with E-state index in [9.17, 15) is 19.4 Å². The van der Waals surface area contributed by atoms with Gasteiger partial charge in [-0.15, -0.1) is 9.81 Å². The van der Waals surface area contributed by atoms with E-state index in [2.05, 4.69) is 0 Å². The van der Waals surface area contributed by atoms with Gasteiger partial charge in [0.25, 0.3) is 0 Å². The summed E-state index contributed by atoms with van der Waals surface area (Å²) in [7, 11) is 0. The molecule has 0 aromatic rings. The van der Waals surface area contributed by atoms with E-state index < -0.39 is 12.1 Å². The molecule has 0 spiro atoms. The van der Waals surface area contributed by atoms with Crippen molar-refractivity contribution < 1.29 is 9.59 Å². The van der Waals surface area contributed by atoms with Crippen LogP contribution in [-0.4, -0.2) is 12.1 Å². The normalized spacial score (nSPS) is 7.64. The number of imide groups is 1. The zero-order chi connectivity index (χ0) is 8.69. The zero-order valence-electron chi connectivity index (χ0n) is 5.03. The number of hydrogen-bond donors (Lipinski definition) is 3. The van der Waals surface area contributed by atoms with Crippen LogP contribution in [0.3, 0.4) is 0 Å². The molecule has 3 N–H and O–H groups in total. The van der Waals surface area contributed by atoms with Crippen molar-refractivity contribution in [2.45, 2.75) is 0 Å². The van der Waals surface area contributed by atoms with Crippen molar-refractivity contribution in [3.63, 3.8) is 0 Å². The molecule has 4 amide bonds. The Morgan fingerprint density at radius 3 is 1.55 bits per heavy atom. The molecule has 0 atom stereocenters. The summed E-state index contributed by atoms with van der Waals surface area (Å²) in [6, 6.07) is -2.30. The minimum absolute atomic E-state index is 1.15. The number of nitroso groups, excluding NO2 is 2. The summed E-state index contributed by atoms with van der Waals surface area (Å²) in [5.41, 5.74) is 2.70. The van der Waals surface area contributed by atoms with Crippen LogP contribution in [0, 0.1) is 9.81 Å². The van der Waals surface area contributed by atoms with Gasteiger partial charge in [-0.3, -0.25) is 5.32 Å². The van der Waals surface area contributed by atoms with Crippen LogP contribution in [0.15, 0.2) is 10.6 Å². The first kappa shape index (κ1) is 8.94. The molecule has 0 saturated carbocycles. The topological polar surface area (TPSA) is 129 Å². The summed E-state index contributed by atoms with van der Waals surface area (Å²) < 4.78 is 0. The van der Waals surface area contributed by atoms with Gasteiger partial charge in [-0.25, -0.2) is 9.59 Å². The predicted octanol–water partition coefficient (Wildman–Crippen LogP) is -0.642. The van der Waals surface area contributed by atoms with Crippen molar-refractivity contribution in [2.24, 2.45) is 10.6 Å². The second-order valence-electron chi connectivity index (χ2n) is 1.19. The molecular weight excluding hydrogens is 158 g/mol. The number of urea groups is 2. The van der Waals surface area contributed by atoms with Crippen LogP contribution in [0.25, 0.3) is 0 Å². The highest BCUT2D eigenvalue weighted by atomic mass is 16.3. The first-order valence-corrected chi connectivity index (χ1v) is 2.22. The van der Waals surface area contributed by atoms with Crippen LogP contribution in [0.4, 0.5) is 9.59 Å². The van der Waals surface area contributed by atoms with Crippen molar-refractivity contribution in [1.29, 1.82) is 0 Å². The average Bonchev–Trinajstić information content (AvgIpc) is 1.87. The lowest BCUT2D eigenvalue weighted by Crippen LogP contribution is -2.41. The molecule has 0 radical (unpaired) electrons. The molecule has 0 saturated heterocycles. The van der Waals surface area contributed by atoms with E-state index in [1.807, 2.05) is 10.6 Å². The lowest BCUT2D eigenvalue weighted by atomic mass is 10.9. The molecule has 11 heavy (non-hydrogen) atoms. The molecule has 0 aromatic carbocycles. The smallest absolute Gasteiger partial charge is 0.257 e. The number of amides is 4. The van der Waals surface area contributed by atoms with Gasteiger partial charge in [0.1, 0.15) is 0 Å². The number of carbonyl (C=O) groups excluding carboxylic acids is 2. The summed E-state index contributed by atoms with van der Waals surface area (Å²) in [5.74, 6) is 0. The average molecular weight is 161 g/mol. The SMILES string of the molecule is O=NNC(=O)NC(=O)NN=O. The van der Waals surface area contributed by atoms with Gasteiger partial charge in [-0.05, 0) is 0 Å². The first-order valence-electron chi connectivity index (χ1n) is 2.22. The molecular formula is C2H3N5O4. The maximum absolute atomic E-state index is 10.2. The molecule has 0 bridgehead atoms. The summed E-state index contributed by atoms with van der Waals surface area (Å²) in [5, 5.41) is 5.39. The molecule has 9 nitrogen and oxygen atoms in total. The van der Waals surface area contributed by atoms with E-state index >= 15 is 0 Å². The molecule has 0 aliphatic heterocycles. The van der Waals surface area contributed by atoms with E-state index in [-0.39, 0.29) is 0 Å². The molecule has 0 rings (SSSR count). The Morgan fingerprint density at radius 2 is 1.27 bits per heavy atom. The molecule has 0 aliphatic carbocycles. The van der Waals surface area contributed by atoms with Gasteiger partial charge >= 0.3 is 12.1 Å². The first-order chi connectivity index (χ1) is 5.20. The Balaban J connectivity index is 3.65. The molecule has 0 fully saturated rings. The monoisotopic (exact) mass is 161 g/mol. The van der Waals surface area contributed by atoms with E-state index in [0.717, 1.165) is 0 Å². The van der Waals surface area contributed by atoms with Gasteiger partial charge in [-0.1, -0.05) is 0 Å². The van der Waals surface area contributed by atoms with Crippen LogP contribution < -0.4 is 16.2 Å². The Bertz CT molecular complexity index is 169. The molecule has 60 valence electrons. The number of hydrogen-bond acceptors (Lipinski definition) is 6. The largest absolute Gasteiger partial charge is 0.345 e. The summed E-state index contributed by atoms with van der Waals surface area (Å²) in [4.78, 5) is 39.0. The Morgan fingerprint density at radius 1 is 0.909 bits per heavy atom. The van der Waals surface area contributed by atoms with E-state index in [4.69, 9.17) is 0 Å². The lowest BCUT2D eigenvalue weighted by molar-refractivity contribution is 0.227. The highest BCUT2D eigenvalue weighted by Crippen LogP contribution is 1.66. The van der Waals surface area contributed by atoms with Crippen LogP contribution in [0.5, 0.6) is 0 Å². The minimum Gasteiger partial charge on any atom is -0.257 e. The molecule has 9 heteroatoms. The van der Waals surface area contributed by atoms with Gasteiger partial charge in [-0.2, -0.15) is 10.9 Å². The summed E-state index contributed by atoms with van der Waals surface area (Å²) >= 11 is 0. The highest BCUT2D eigenvalue weighted by molar-refractivity contribution is 5.92. The quantitative estimate of drug-likeness (QED) is 0.367. The number of carbonyl (C=O) groups is 2. The van der Waals surface area contributed by atoms with Gasteiger partial charge in [0.15, 0.2) is 0 Å². The highest BCUT2D eigenvalue weighted by Gasteiger charge is 2.04. The van der Waals surface area contributed by atoms with Gasteiger partial charge in [0.05, 0.1) is 10.6 Å². The van der Waals surface area contributed by atoms with Crippen LogP contribution >= 0.6 is 0 Å². The summed E-state index contributed by atoms with van der Waals surface area (Å²) in [6.07, 6.45) is 0. The molecule has 0 unspecified atom stereocenters. The molecule has 0 heterocycles. The summed E-state index contributed by atoms with van der Waals surface area (Å²) in [6.45, 7) is 0. The fourth-order valence-corrected chi connectivity index (χ4v) is 0.242.